The van der Waals surface area contributed by atoms with Crippen molar-refractivity contribution in [2.75, 3.05) is 11.5 Å². The largest absolute Gasteiger partial charge is 0.469 e. The molecule has 0 aliphatic heterocycles. The van der Waals surface area contributed by atoms with Gasteiger partial charge in [0.25, 0.3) is 0 Å². The van der Waals surface area contributed by atoms with Crippen molar-refractivity contribution in [3.8, 4) is 23.0 Å². The van der Waals surface area contributed by atoms with Gasteiger partial charge in [-0.15, -0.1) is 0 Å². The van der Waals surface area contributed by atoms with Crippen molar-refractivity contribution in [1.29, 1.82) is 0 Å². The summed E-state index contributed by atoms with van der Waals surface area (Å²) < 4.78 is 8.17. The SMILES string of the molecule is Cc1nn(-c2ccccc2)c2nc(OC(C)c3ccccc3)c(-c3nc(N)cc(N)n3)cc12. The van der Waals surface area contributed by atoms with Gasteiger partial charge in [0, 0.05) is 11.5 Å². The number of rotatable bonds is 5. The first-order valence-corrected chi connectivity index (χ1v) is 10.6. The fourth-order valence-electron chi connectivity index (χ4n) is 3.73. The fourth-order valence-corrected chi connectivity index (χ4v) is 3.73. The van der Waals surface area contributed by atoms with Gasteiger partial charge in [-0.2, -0.15) is 10.1 Å². The summed E-state index contributed by atoms with van der Waals surface area (Å²) in [5.41, 5.74) is 15.9. The Balaban J connectivity index is 1.72. The molecule has 4 N–H and O–H groups in total. The highest BCUT2D eigenvalue weighted by Gasteiger charge is 2.21. The van der Waals surface area contributed by atoms with Crippen molar-refractivity contribution < 1.29 is 4.74 Å². The topological polar surface area (TPSA) is 118 Å². The number of anilines is 2. The molecule has 0 spiro atoms. The van der Waals surface area contributed by atoms with E-state index >= 15 is 0 Å². The summed E-state index contributed by atoms with van der Waals surface area (Å²) in [6.07, 6.45) is -0.262. The third-order valence-corrected chi connectivity index (χ3v) is 5.37. The second-order valence-electron chi connectivity index (χ2n) is 7.76. The van der Waals surface area contributed by atoms with Crippen molar-refractivity contribution in [2.45, 2.75) is 20.0 Å². The van der Waals surface area contributed by atoms with Crippen molar-refractivity contribution >= 4 is 22.7 Å². The zero-order valence-corrected chi connectivity index (χ0v) is 18.3. The van der Waals surface area contributed by atoms with Crippen LogP contribution in [0.2, 0.25) is 0 Å². The molecule has 3 heterocycles. The van der Waals surface area contributed by atoms with Crippen LogP contribution in [-0.4, -0.2) is 24.7 Å². The molecule has 8 nitrogen and oxygen atoms in total. The van der Waals surface area contributed by atoms with Crippen LogP contribution in [0, 0.1) is 6.92 Å². The van der Waals surface area contributed by atoms with Crippen LogP contribution < -0.4 is 16.2 Å². The van der Waals surface area contributed by atoms with E-state index in [1.165, 1.54) is 6.07 Å². The lowest BCUT2D eigenvalue weighted by Gasteiger charge is -2.17. The molecule has 2 aromatic carbocycles. The van der Waals surface area contributed by atoms with E-state index in [-0.39, 0.29) is 17.7 Å². The minimum Gasteiger partial charge on any atom is -0.469 e. The zero-order valence-electron chi connectivity index (χ0n) is 18.3. The minimum absolute atomic E-state index is 0.262. The molecule has 0 saturated heterocycles. The van der Waals surface area contributed by atoms with Gasteiger partial charge >= 0.3 is 0 Å². The smallest absolute Gasteiger partial charge is 0.227 e. The predicted octanol–water partition coefficient (Wildman–Crippen LogP) is 4.49. The quantitative estimate of drug-likeness (QED) is 0.416. The van der Waals surface area contributed by atoms with E-state index in [2.05, 4.69) is 9.97 Å². The van der Waals surface area contributed by atoms with Gasteiger partial charge in [0.1, 0.15) is 17.7 Å². The highest BCUT2D eigenvalue weighted by Crippen LogP contribution is 2.35. The van der Waals surface area contributed by atoms with E-state index in [0.29, 0.717) is 22.9 Å². The van der Waals surface area contributed by atoms with Gasteiger partial charge < -0.3 is 16.2 Å². The Kier molecular flexibility index (Phi) is 5.10. The lowest BCUT2D eigenvalue weighted by Crippen LogP contribution is -2.08. The van der Waals surface area contributed by atoms with Gasteiger partial charge in [-0.3, -0.25) is 0 Å². The van der Waals surface area contributed by atoms with Gasteiger partial charge in [-0.25, -0.2) is 14.6 Å². The van der Waals surface area contributed by atoms with E-state index in [1.807, 2.05) is 85.3 Å². The van der Waals surface area contributed by atoms with E-state index in [0.717, 1.165) is 22.3 Å². The molecule has 0 saturated carbocycles. The number of nitrogen functional groups attached to an aromatic ring is 2. The number of pyridine rings is 1. The average Bonchev–Trinajstić information content (AvgIpc) is 3.14. The molecule has 5 aromatic rings. The molecule has 0 radical (unpaired) electrons. The highest BCUT2D eigenvalue weighted by atomic mass is 16.5. The standard InChI is InChI=1S/C25H23N7O/c1-15-19-13-20(23-28-21(26)14-22(27)29-23)25(33-16(2)17-9-5-3-6-10-17)30-24(19)32(31-15)18-11-7-4-8-12-18/h3-14,16H,1-2H3,(H4,26,27,28,29). The summed E-state index contributed by atoms with van der Waals surface area (Å²) in [7, 11) is 0. The molecule has 0 aliphatic carbocycles. The highest BCUT2D eigenvalue weighted by molar-refractivity contribution is 5.86. The number of ether oxygens (including phenoxy) is 1. The molecule has 1 atom stereocenters. The number of hydrogen-bond acceptors (Lipinski definition) is 7. The number of hydrogen-bond donors (Lipinski definition) is 2. The summed E-state index contributed by atoms with van der Waals surface area (Å²) in [5, 5.41) is 5.58. The zero-order chi connectivity index (χ0) is 22.9. The van der Waals surface area contributed by atoms with Gasteiger partial charge in [-0.05, 0) is 37.6 Å². The summed E-state index contributed by atoms with van der Waals surface area (Å²) in [6, 6.07) is 23.2. The van der Waals surface area contributed by atoms with E-state index < -0.39 is 0 Å². The van der Waals surface area contributed by atoms with Crippen LogP contribution in [0.3, 0.4) is 0 Å². The Morgan fingerprint density at radius 2 is 1.48 bits per heavy atom. The summed E-state index contributed by atoms with van der Waals surface area (Å²) in [5.74, 6) is 1.28. The molecule has 8 heteroatoms. The maximum atomic E-state index is 6.36. The molecule has 0 bridgehead atoms. The molecular formula is C25H23N7O. The van der Waals surface area contributed by atoms with Crippen LogP contribution in [0.15, 0.2) is 72.8 Å². The first-order chi connectivity index (χ1) is 16.0. The Hall–Kier alpha value is -4.46. The van der Waals surface area contributed by atoms with Crippen LogP contribution in [0.25, 0.3) is 28.1 Å². The molecular weight excluding hydrogens is 414 g/mol. The van der Waals surface area contributed by atoms with E-state index in [1.54, 1.807) is 0 Å². The average molecular weight is 438 g/mol. The molecule has 0 aliphatic rings. The number of nitrogens with two attached hydrogens (primary N) is 2. The van der Waals surface area contributed by atoms with E-state index in [4.69, 9.17) is 26.3 Å². The van der Waals surface area contributed by atoms with Gasteiger partial charge in [0.15, 0.2) is 11.5 Å². The Bertz CT molecular complexity index is 1410. The van der Waals surface area contributed by atoms with Gasteiger partial charge in [-0.1, -0.05) is 48.5 Å². The second-order valence-corrected chi connectivity index (χ2v) is 7.76. The Labute approximate surface area is 190 Å². The van der Waals surface area contributed by atoms with Crippen LogP contribution in [0.5, 0.6) is 5.88 Å². The monoisotopic (exact) mass is 437 g/mol. The molecule has 3 aromatic heterocycles. The van der Waals surface area contributed by atoms with Crippen molar-refractivity contribution in [3.05, 3.63) is 84.1 Å². The number of para-hydroxylation sites is 1. The molecule has 5 rings (SSSR count). The predicted molar refractivity (Wildman–Crippen MR) is 129 cm³/mol. The summed E-state index contributed by atoms with van der Waals surface area (Å²) in [4.78, 5) is 13.7. The molecule has 33 heavy (non-hydrogen) atoms. The molecule has 0 amide bonds. The fraction of sp³-hybridized carbons (Fsp3) is 0.120. The van der Waals surface area contributed by atoms with Crippen LogP contribution in [0.1, 0.15) is 24.3 Å². The normalized spacial score (nSPS) is 12.1. The summed E-state index contributed by atoms with van der Waals surface area (Å²) >= 11 is 0. The molecule has 0 fully saturated rings. The lowest BCUT2D eigenvalue weighted by atomic mass is 10.1. The molecule has 1 unspecified atom stereocenters. The third-order valence-electron chi connectivity index (χ3n) is 5.37. The first kappa shape index (κ1) is 20.4. The van der Waals surface area contributed by atoms with Crippen LogP contribution in [0.4, 0.5) is 11.6 Å². The number of benzene rings is 2. The minimum atomic E-state index is -0.262. The van der Waals surface area contributed by atoms with Crippen LogP contribution in [-0.2, 0) is 0 Å². The van der Waals surface area contributed by atoms with Gasteiger partial charge in [0.2, 0.25) is 5.88 Å². The number of fused-ring (bicyclic) bond motifs is 1. The Morgan fingerprint density at radius 1 is 0.848 bits per heavy atom. The third kappa shape index (κ3) is 3.94. The van der Waals surface area contributed by atoms with Gasteiger partial charge in [0.05, 0.1) is 16.9 Å². The maximum absolute atomic E-state index is 6.36. The Morgan fingerprint density at radius 3 is 2.15 bits per heavy atom. The number of aromatic nitrogens is 5. The molecule has 164 valence electrons. The number of nitrogens with zero attached hydrogens (tertiary/aromatic N) is 5. The number of aryl methyl sites for hydroxylation is 1. The van der Waals surface area contributed by atoms with Crippen molar-refractivity contribution in [2.24, 2.45) is 0 Å². The maximum Gasteiger partial charge on any atom is 0.227 e. The van der Waals surface area contributed by atoms with Crippen molar-refractivity contribution in [3.63, 3.8) is 0 Å². The first-order valence-electron chi connectivity index (χ1n) is 10.6. The van der Waals surface area contributed by atoms with Crippen molar-refractivity contribution in [1.82, 2.24) is 24.7 Å². The van der Waals surface area contributed by atoms with Crippen LogP contribution >= 0.6 is 0 Å². The lowest BCUT2D eigenvalue weighted by molar-refractivity contribution is 0.219. The summed E-state index contributed by atoms with van der Waals surface area (Å²) in [6.45, 7) is 3.91. The van der Waals surface area contributed by atoms with E-state index in [9.17, 15) is 0 Å². The second kappa shape index (κ2) is 8.23.